The number of fused-ring (bicyclic) bond motifs is 4. The number of nitrogens with zero attached hydrogens (tertiary/aromatic N) is 4. The van der Waals surface area contributed by atoms with Crippen LogP contribution in [0, 0.1) is 0 Å². The molecular formula is C24H23N5O2. The minimum Gasteiger partial charge on any atom is -0.390 e. The molecule has 6 rings (SSSR count). The molecule has 7 heteroatoms. The molecule has 4 aromatic rings. The molecule has 3 atom stereocenters. The smallest absolute Gasteiger partial charge is 0.167 e. The average molecular weight is 413 g/mol. The van der Waals surface area contributed by atoms with Crippen molar-refractivity contribution in [2.24, 2.45) is 0 Å². The average Bonchev–Trinajstić information content (AvgIpc) is 3.48. The van der Waals surface area contributed by atoms with Crippen LogP contribution >= 0.6 is 0 Å². The maximum atomic E-state index is 10.3. The topological polar surface area (TPSA) is 85.1 Å². The van der Waals surface area contributed by atoms with E-state index in [1.54, 1.807) is 12.7 Å². The van der Waals surface area contributed by atoms with Gasteiger partial charge in [-0.2, -0.15) is 0 Å². The van der Waals surface area contributed by atoms with Crippen LogP contribution in [0.1, 0.15) is 43.2 Å². The standard InChI is InChI=1S/C24H23N5O2/c1-2-19-18(30)11-20(31-19)29-13-27-22-23(25-12-26-24(22)29)28-21-16-9-5-3-7-14(16)15-8-4-6-10-17(15)21/h3-10,12-13,18-21,30H,2,11H2,1H3,(H,25,26,28)/t18-,19-,20-/m1/s1. The highest BCUT2D eigenvalue weighted by Gasteiger charge is 2.35. The molecule has 2 aromatic heterocycles. The normalized spacial score (nSPS) is 22.6. The zero-order valence-corrected chi connectivity index (χ0v) is 17.1. The summed E-state index contributed by atoms with van der Waals surface area (Å²) in [6.45, 7) is 2.02. The summed E-state index contributed by atoms with van der Waals surface area (Å²) in [4.78, 5) is 13.6. The number of aliphatic hydroxyl groups is 1. The molecule has 1 aliphatic heterocycles. The molecule has 3 heterocycles. The molecule has 7 nitrogen and oxygen atoms in total. The van der Waals surface area contributed by atoms with Crippen LogP contribution < -0.4 is 5.32 Å². The molecule has 1 fully saturated rings. The third kappa shape index (κ3) is 2.85. The summed E-state index contributed by atoms with van der Waals surface area (Å²) in [5, 5.41) is 13.9. The molecule has 0 unspecified atom stereocenters. The molecule has 2 aromatic carbocycles. The van der Waals surface area contributed by atoms with Crippen LogP contribution in [0.5, 0.6) is 0 Å². The Bertz CT molecular complexity index is 1220. The third-order valence-corrected chi connectivity index (χ3v) is 6.39. The highest BCUT2D eigenvalue weighted by molar-refractivity contribution is 5.85. The van der Waals surface area contributed by atoms with Gasteiger partial charge in [0.25, 0.3) is 0 Å². The van der Waals surface area contributed by atoms with E-state index in [4.69, 9.17) is 4.74 Å². The second-order valence-corrected chi connectivity index (χ2v) is 8.14. The van der Waals surface area contributed by atoms with Gasteiger partial charge in [0.1, 0.15) is 12.6 Å². The van der Waals surface area contributed by atoms with E-state index in [0.29, 0.717) is 23.4 Å². The summed E-state index contributed by atoms with van der Waals surface area (Å²) in [7, 11) is 0. The van der Waals surface area contributed by atoms with Crippen LogP contribution in [0.15, 0.2) is 61.2 Å². The molecule has 0 amide bonds. The Labute approximate surface area is 179 Å². The van der Waals surface area contributed by atoms with Crippen molar-refractivity contribution in [1.29, 1.82) is 0 Å². The number of hydrogen-bond acceptors (Lipinski definition) is 6. The summed E-state index contributed by atoms with van der Waals surface area (Å²) in [6.07, 6.45) is 3.67. The van der Waals surface area contributed by atoms with Crippen molar-refractivity contribution in [1.82, 2.24) is 19.5 Å². The van der Waals surface area contributed by atoms with Gasteiger partial charge in [0.05, 0.1) is 24.6 Å². The molecule has 0 bridgehead atoms. The van der Waals surface area contributed by atoms with Gasteiger partial charge in [-0.3, -0.25) is 4.57 Å². The maximum absolute atomic E-state index is 10.3. The lowest BCUT2D eigenvalue weighted by Gasteiger charge is -2.17. The third-order valence-electron chi connectivity index (χ3n) is 6.39. The van der Waals surface area contributed by atoms with E-state index in [0.717, 1.165) is 6.42 Å². The van der Waals surface area contributed by atoms with Gasteiger partial charge in [0, 0.05) is 6.42 Å². The van der Waals surface area contributed by atoms with Gasteiger partial charge in [0.2, 0.25) is 0 Å². The highest BCUT2D eigenvalue weighted by atomic mass is 16.5. The fourth-order valence-corrected chi connectivity index (χ4v) is 4.87. The van der Waals surface area contributed by atoms with Gasteiger partial charge < -0.3 is 15.2 Å². The van der Waals surface area contributed by atoms with Crippen LogP contribution in [0.2, 0.25) is 0 Å². The molecule has 1 saturated heterocycles. The zero-order valence-electron chi connectivity index (χ0n) is 17.1. The van der Waals surface area contributed by atoms with Gasteiger partial charge in [-0.1, -0.05) is 55.5 Å². The monoisotopic (exact) mass is 413 g/mol. The number of rotatable bonds is 4. The molecule has 31 heavy (non-hydrogen) atoms. The van der Waals surface area contributed by atoms with Crippen LogP contribution in [0.25, 0.3) is 22.3 Å². The maximum Gasteiger partial charge on any atom is 0.167 e. The van der Waals surface area contributed by atoms with Gasteiger partial charge >= 0.3 is 0 Å². The number of aromatic nitrogens is 4. The first-order valence-corrected chi connectivity index (χ1v) is 10.7. The largest absolute Gasteiger partial charge is 0.390 e. The molecule has 0 radical (unpaired) electrons. The van der Waals surface area contributed by atoms with Crippen LogP contribution in [-0.4, -0.2) is 36.8 Å². The Hall–Kier alpha value is -3.29. The lowest BCUT2D eigenvalue weighted by Crippen LogP contribution is -2.19. The number of hydrogen-bond donors (Lipinski definition) is 2. The predicted octanol–water partition coefficient (Wildman–Crippen LogP) is 4.07. The van der Waals surface area contributed by atoms with E-state index in [1.165, 1.54) is 22.3 Å². The van der Waals surface area contributed by atoms with Crippen molar-refractivity contribution in [3.05, 3.63) is 72.3 Å². The fraction of sp³-hybridized carbons (Fsp3) is 0.292. The Morgan fingerprint density at radius 3 is 2.42 bits per heavy atom. The van der Waals surface area contributed by atoms with Crippen LogP contribution in [0.3, 0.4) is 0 Å². The van der Waals surface area contributed by atoms with E-state index >= 15 is 0 Å². The number of benzene rings is 2. The molecule has 0 spiro atoms. The summed E-state index contributed by atoms with van der Waals surface area (Å²) in [6, 6.07) is 16.9. The number of nitrogens with one attached hydrogen (secondary N) is 1. The van der Waals surface area contributed by atoms with E-state index in [2.05, 4.69) is 68.8 Å². The van der Waals surface area contributed by atoms with Crippen molar-refractivity contribution < 1.29 is 9.84 Å². The van der Waals surface area contributed by atoms with Crippen molar-refractivity contribution in [3.63, 3.8) is 0 Å². The van der Waals surface area contributed by atoms with E-state index in [-0.39, 0.29) is 18.4 Å². The molecule has 1 aliphatic carbocycles. The second kappa shape index (κ2) is 7.14. The second-order valence-electron chi connectivity index (χ2n) is 8.14. The van der Waals surface area contributed by atoms with Crippen molar-refractivity contribution in [3.8, 4) is 11.1 Å². The lowest BCUT2D eigenvalue weighted by molar-refractivity contribution is -0.0183. The first kappa shape index (κ1) is 18.5. The lowest BCUT2D eigenvalue weighted by atomic mass is 10.1. The number of aliphatic hydroxyl groups excluding tert-OH is 1. The molecular weight excluding hydrogens is 390 g/mol. The Balaban J connectivity index is 1.38. The van der Waals surface area contributed by atoms with Crippen molar-refractivity contribution in [2.75, 3.05) is 5.32 Å². The predicted molar refractivity (Wildman–Crippen MR) is 117 cm³/mol. The van der Waals surface area contributed by atoms with E-state index < -0.39 is 6.10 Å². The number of anilines is 1. The molecule has 156 valence electrons. The van der Waals surface area contributed by atoms with E-state index in [1.807, 2.05) is 11.5 Å². The summed E-state index contributed by atoms with van der Waals surface area (Å²) < 4.78 is 7.93. The summed E-state index contributed by atoms with van der Waals surface area (Å²) in [5.74, 6) is 0.686. The summed E-state index contributed by atoms with van der Waals surface area (Å²) in [5.41, 5.74) is 6.33. The summed E-state index contributed by atoms with van der Waals surface area (Å²) >= 11 is 0. The Kier molecular flexibility index (Phi) is 4.26. The highest BCUT2D eigenvalue weighted by Crippen LogP contribution is 2.45. The minimum atomic E-state index is -0.474. The van der Waals surface area contributed by atoms with Gasteiger partial charge in [-0.25, -0.2) is 15.0 Å². The Morgan fingerprint density at radius 2 is 1.74 bits per heavy atom. The quantitative estimate of drug-likeness (QED) is 0.525. The number of ether oxygens (including phenoxy) is 1. The molecule has 2 aliphatic rings. The van der Waals surface area contributed by atoms with Crippen LogP contribution in [0.4, 0.5) is 5.82 Å². The Morgan fingerprint density at radius 1 is 1.03 bits per heavy atom. The van der Waals surface area contributed by atoms with E-state index in [9.17, 15) is 5.11 Å². The number of imidazole rings is 1. The first-order valence-electron chi connectivity index (χ1n) is 10.7. The van der Waals surface area contributed by atoms with Crippen molar-refractivity contribution >= 4 is 17.0 Å². The van der Waals surface area contributed by atoms with Gasteiger partial charge in [0.15, 0.2) is 17.0 Å². The molecule has 0 saturated carbocycles. The SMILES string of the molecule is CC[C@H]1O[C@@H](n2cnc3c(NC4c5ccccc5-c5ccccc54)ncnc32)C[C@H]1O. The minimum absolute atomic E-state index is 0.00956. The first-order chi connectivity index (χ1) is 15.2. The molecule has 2 N–H and O–H groups in total. The zero-order chi connectivity index (χ0) is 20.9. The fourth-order valence-electron chi connectivity index (χ4n) is 4.87. The van der Waals surface area contributed by atoms with Gasteiger partial charge in [-0.15, -0.1) is 0 Å². The van der Waals surface area contributed by atoms with Crippen LogP contribution in [-0.2, 0) is 4.74 Å². The van der Waals surface area contributed by atoms with Crippen molar-refractivity contribution in [2.45, 2.75) is 44.2 Å². The van der Waals surface area contributed by atoms with Gasteiger partial charge in [-0.05, 0) is 28.7 Å².